The van der Waals surface area contributed by atoms with E-state index in [2.05, 4.69) is 5.32 Å². The molecule has 0 atom stereocenters. The summed E-state index contributed by atoms with van der Waals surface area (Å²) >= 11 is 0. The Bertz CT molecular complexity index is 1100. The molecule has 35 heavy (non-hydrogen) atoms. The summed E-state index contributed by atoms with van der Waals surface area (Å²) in [5.41, 5.74) is 0.0447. The summed E-state index contributed by atoms with van der Waals surface area (Å²) in [4.78, 5) is 28.8. The maximum Gasteiger partial charge on any atom is 0.416 e. The number of urea groups is 1. The van der Waals surface area contributed by atoms with Gasteiger partial charge in [0.1, 0.15) is 18.1 Å². The monoisotopic (exact) mass is 491 g/mol. The molecule has 6 nitrogen and oxygen atoms in total. The van der Waals surface area contributed by atoms with Crippen LogP contribution in [0.2, 0.25) is 0 Å². The van der Waals surface area contributed by atoms with Gasteiger partial charge < -0.3 is 19.5 Å². The van der Waals surface area contributed by atoms with Crippen LogP contribution in [-0.2, 0) is 24.1 Å². The summed E-state index contributed by atoms with van der Waals surface area (Å²) in [7, 11) is 0. The molecule has 0 saturated heterocycles. The van der Waals surface area contributed by atoms with Crippen LogP contribution in [0, 0.1) is 5.82 Å². The number of halogens is 4. The van der Waals surface area contributed by atoms with Crippen LogP contribution in [0.25, 0.3) is 0 Å². The number of hydrogen-bond donors (Lipinski definition) is 1. The van der Waals surface area contributed by atoms with Crippen LogP contribution in [0.4, 0.5) is 28.0 Å². The molecule has 0 radical (unpaired) electrons. The van der Waals surface area contributed by atoms with Crippen molar-refractivity contribution >= 4 is 17.6 Å². The van der Waals surface area contributed by atoms with E-state index in [9.17, 15) is 27.2 Å². The van der Waals surface area contributed by atoms with Crippen LogP contribution >= 0.6 is 0 Å². The lowest BCUT2D eigenvalue weighted by molar-refractivity contribution is -0.137. The Hall–Kier alpha value is -3.82. The first-order chi connectivity index (χ1) is 16.7. The van der Waals surface area contributed by atoms with Crippen molar-refractivity contribution < 1.29 is 31.6 Å². The van der Waals surface area contributed by atoms with Gasteiger partial charge in [0.15, 0.2) is 0 Å². The predicted octanol–water partition coefficient (Wildman–Crippen LogP) is 5.91. The van der Waals surface area contributed by atoms with Gasteiger partial charge in [-0.05, 0) is 60.5 Å². The van der Waals surface area contributed by atoms with Crippen LogP contribution in [0.5, 0.6) is 0 Å². The normalized spacial score (nSPS) is 11.2. The summed E-state index contributed by atoms with van der Waals surface area (Å²) in [5.74, 6) is -0.231. The second-order valence-electron chi connectivity index (χ2n) is 7.88. The molecule has 1 heterocycles. The number of carbonyl (C=O) groups is 2. The Labute approximate surface area is 200 Å². The molecular weight excluding hydrogens is 466 g/mol. The molecular formula is C25H25F4N3O3. The molecule has 0 saturated carbocycles. The van der Waals surface area contributed by atoms with E-state index in [0.29, 0.717) is 17.7 Å². The van der Waals surface area contributed by atoms with Gasteiger partial charge in [0.25, 0.3) is 0 Å². The molecule has 10 heteroatoms. The Morgan fingerprint density at radius 3 is 2.20 bits per heavy atom. The zero-order valence-electron chi connectivity index (χ0n) is 19.0. The van der Waals surface area contributed by atoms with Gasteiger partial charge in [-0.3, -0.25) is 4.79 Å². The van der Waals surface area contributed by atoms with E-state index in [4.69, 9.17) is 4.42 Å². The van der Waals surface area contributed by atoms with Crippen LogP contribution in [0.1, 0.15) is 30.2 Å². The van der Waals surface area contributed by atoms with Gasteiger partial charge in [0, 0.05) is 18.8 Å². The molecule has 0 unspecified atom stereocenters. The first kappa shape index (κ1) is 25.8. The number of rotatable bonds is 9. The van der Waals surface area contributed by atoms with Crippen molar-refractivity contribution in [3.8, 4) is 0 Å². The molecule has 0 spiro atoms. The first-order valence-corrected chi connectivity index (χ1v) is 10.9. The van der Waals surface area contributed by atoms with Gasteiger partial charge in [0.05, 0.1) is 18.4 Å². The molecule has 186 valence electrons. The highest BCUT2D eigenvalue weighted by molar-refractivity contribution is 5.92. The highest BCUT2D eigenvalue weighted by Gasteiger charge is 2.30. The SMILES string of the molecule is CCCN(CC(=O)N(Cc1ccc(F)cc1)Cc1ccco1)C(=O)Nc1ccc(C(F)(F)F)cc1. The third kappa shape index (κ3) is 7.59. The number of amides is 3. The number of benzene rings is 2. The highest BCUT2D eigenvalue weighted by Crippen LogP contribution is 2.29. The summed E-state index contributed by atoms with van der Waals surface area (Å²) < 4.78 is 57.0. The molecule has 1 N–H and O–H groups in total. The number of alkyl halides is 3. The minimum absolute atomic E-state index is 0.143. The highest BCUT2D eigenvalue weighted by atomic mass is 19.4. The van der Waals surface area contributed by atoms with Gasteiger partial charge in [-0.15, -0.1) is 0 Å². The summed E-state index contributed by atoms with van der Waals surface area (Å²) in [6.45, 7) is 2.14. The fourth-order valence-corrected chi connectivity index (χ4v) is 3.36. The Kier molecular flexibility index (Phi) is 8.51. The lowest BCUT2D eigenvalue weighted by atomic mass is 10.2. The Morgan fingerprint density at radius 2 is 1.63 bits per heavy atom. The standard InChI is InChI=1S/C25H25F4N3O3/c1-2-13-31(24(34)30-21-11-7-19(8-12-21)25(27,28)29)17-23(33)32(16-22-4-3-14-35-22)15-18-5-9-20(26)10-6-18/h3-12,14H,2,13,15-17H2,1H3,(H,30,34). The molecule has 0 aliphatic carbocycles. The maximum absolute atomic E-state index is 13.3. The van der Waals surface area contributed by atoms with E-state index in [0.717, 1.165) is 24.3 Å². The number of carbonyl (C=O) groups excluding carboxylic acids is 2. The van der Waals surface area contributed by atoms with Gasteiger partial charge in [0.2, 0.25) is 5.91 Å². The second kappa shape index (κ2) is 11.5. The molecule has 3 aromatic rings. The number of nitrogens with zero attached hydrogens (tertiary/aromatic N) is 2. The molecule has 2 aromatic carbocycles. The smallest absolute Gasteiger partial charge is 0.416 e. The third-order valence-electron chi connectivity index (χ3n) is 5.14. The van der Waals surface area contributed by atoms with Crippen molar-refractivity contribution in [1.29, 1.82) is 0 Å². The van der Waals surface area contributed by atoms with E-state index in [1.165, 1.54) is 28.2 Å². The minimum atomic E-state index is -4.48. The van der Waals surface area contributed by atoms with Gasteiger partial charge in [-0.1, -0.05) is 19.1 Å². The predicted molar refractivity (Wildman–Crippen MR) is 122 cm³/mol. The van der Waals surface area contributed by atoms with Gasteiger partial charge in [-0.2, -0.15) is 13.2 Å². The lowest BCUT2D eigenvalue weighted by Gasteiger charge is -2.27. The van der Waals surface area contributed by atoms with E-state index in [1.54, 1.807) is 24.3 Å². The van der Waals surface area contributed by atoms with E-state index < -0.39 is 23.6 Å². The van der Waals surface area contributed by atoms with E-state index >= 15 is 0 Å². The average molecular weight is 491 g/mol. The molecule has 0 aliphatic heterocycles. The quantitative estimate of drug-likeness (QED) is 0.379. The number of nitrogens with one attached hydrogen (secondary N) is 1. The lowest BCUT2D eigenvalue weighted by Crippen LogP contribution is -2.44. The molecule has 0 aliphatic rings. The number of hydrogen-bond acceptors (Lipinski definition) is 3. The topological polar surface area (TPSA) is 65.8 Å². The van der Waals surface area contributed by atoms with E-state index in [-0.39, 0.29) is 37.8 Å². The van der Waals surface area contributed by atoms with Crippen molar-refractivity contribution in [2.24, 2.45) is 0 Å². The van der Waals surface area contributed by atoms with Crippen LogP contribution in [0.3, 0.4) is 0 Å². The minimum Gasteiger partial charge on any atom is -0.467 e. The van der Waals surface area contributed by atoms with Crippen LogP contribution in [0.15, 0.2) is 71.3 Å². The van der Waals surface area contributed by atoms with Crippen molar-refractivity contribution in [3.05, 3.63) is 89.6 Å². The zero-order chi connectivity index (χ0) is 25.4. The Morgan fingerprint density at radius 1 is 0.943 bits per heavy atom. The first-order valence-electron chi connectivity index (χ1n) is 10.9. The third-order valence-corrected chi connectivity index (χ3v) is 5.14. The fraction of sp³-hybridized carbons (Fsp3) is 0.280. The summed E-state index contributed by atoms with van der Waals surface area (Å²) in [5, 5.41) is 2.54. The van der Waals surface area contributed by atoms with Crippen LogP contribution in [-0.4, -0.2) is 34.8 Å². The summed E-state index contributed by atoms with van der Waals surface area (Å²) in [6.07, 6.45) is -2.44. The Balaban J connectivity index is 1.71. The van der Waals surface area contributed by atoms with Crippen molar-refractivity contribution in [3.63, 3.8) is 0 Å². The molecule has 0 fully saturated rings. The summed E-state index contributed by atoms with van der Waals surface area (Å²) in [6, 6.07) is 12.6. The van der Waals surface area contributed by atoms with Gasteiger partial charge in [-0.25, -0.2) is 9.18 Å². The number of anilines is 1. The largest absolute Gasteiger partial charge is 0.467 e. The van der Waals surface area contributed by atoms with Crippen molar-refractivity contribution in [1.82, 2.24) is 9.80 Å². The van der Waals surface area contributed by atoms with Gasteiger partial charge >= 0.3 is 12.2 Å². The van der Waals surface area contributed by atoms with Crippen molar-refractivity contribution in [2.75, 3.05) is 18.4 Å². The maximum atomic E-state index is 13.3. The van der Waals surface area contributed by atoms with Crippen LogP contribution < -0.4 is 5.32 Å². The van der Waals surface area contributed by atoms with Crippen molar-refractivity contribution in [2.45, 2.75) is 32.6 Å². The zero-order valence-corrected chi connectivity index (χ0v) is 19.0. The number of furan rings is 1. The average Bonchev–Trinajstić information content (AvgIpc) is 3.32. The second-order valence-corrected chi connectivity index (χ2v) is 7.88. The fourth-order valence-electron chi connectivity index (χ4n) is 3.36. The molecule has 3 rings (SSSR count). The molecule has 0 bridgehead atoms. The molecule has 3 amide bonds. The van der Waals surface area contributed by atoms with E-state index in [1.807, 2.05) is 6.92 Å². The molecule has 1 aromatic heterocycles.